The number of Topliss-reactive ketones (excluding diaryl/α,β-unsaturated/α-hetero) is 1. The van der Waals surface area contributed by atoms with Crippen LogP contribution in [0.15, 0.2) is 54.6 Å². The molecule has 11 heteroatoms. The quantitative estimate of drug-likeness (QED) is 0.232. The van der Waals surface area contributed by atoms with Crippen LogP contribution in [0, 0.1) is 0 Å². The number of carboxylic acid groups (broad SMARTS) is 1. The standard InChI is InChI=1S/C35H41NO10/c1-7-23(22-18-29(43-4)34(45-6)30(19-22)44-5)35(40)36-16-10-12-24(21-14-15-27(41-2)28(17-21)42-3)32(36)33(39)25-11-8-9-13-26(25)46-20-31(37)38/h8-9,11,13-15,17-19,23-24,32H,7,10,12,16,20H2,1-6H3,(H,37,38)/t23?,24?,32-/m1/s1. The van der Waals surface area contributed by atoms with Crippen molar-refractivity contribution in [3.63, 3.8) is 0 Å². The summed E-state index contributed by atoms with van der Waals surface area (Å²) in [6, 6.07) is 14.6. The van der Waals surface area contributed by atoms with Crippen LogP contribution in [0.25, 0.3) is 0 Å². The summed E-state index contributed by atoms with van der Waals surface area (Å²) in [6.07, 6.45) is 1.71. The molecule has 1 N–H and O–H groups in total. The maximum atomic E-state index is 14.6. The molecule has 1 saturated heterocycles. The summed E-state index contributed by atoms with van der Waals surface area (Å²) in [6.45, 7) is 1.64. The second-order valence-electron chi connectivity index (χ2n) is 10.8. The molecule has 3 atom stereocenters. The number of carbonyl (C=O) groups is 3. The van der Waals surface area contributed by atoms with Gasteiger partial charge in [-0.2, -0.15) is 0 Å². The van der Waals surface area contributed by atoms with Crippen molar-refractivity contribution in [3.05, 3.63) is 71.3 Å². The van der Waals surface area contributed by atoms with E-state index in [0.717, 1.165) is 5.56 Å². The van der Waals surface area contributed by atoms with Crippen LogP contribution >= 0.6 is 0 Å². The van der Waals surface area contributed by atoms with E-state index in [9.17, 15) is 19.5 Å². The normalized spacial score (nSPS) is 16.6. The van der Waals surface area contributed by atoms with Gasteiger partial charge in [-0.05, 0) is 66.8 Å². The Balaban J connectivity index is 1.84. The van der Waals surface area contributed by atoms with Crippen LogP contribution in [0.1, 0.15) is 59.5 Å². The average molecular weight is 636 g/mol. The lowest BCUT2D eigenvalue weighted by Crippen LogP contribution is -2.53. The highest BCUT2D eigenvalue weighted by Gasteiger charge is 2.43. The molecule has 246 valence electrons. The predicted octanol–water partition coefficient (Wildman–Crippen LogP) is 5.34. The number of ketones is 1. The molecular formula is C35H41NO10. The molecule has 1 heterocycles. The van der Waals surface area contributed by atoms with Crippen LogP contribution in [0.5, 0.6) is 34.5 Å². The minimum atomic E-state index is -1.17. The fourth-order valence-corrected chi connectivity index (χ4v) is 6.15. The summed E-state index contributed by atoms with van der Waals surface area (Å²) in [7, 11) is 7.63. The molecule has 46 heavy (non-hydrogen) atoms. The molecule has 0 aliphatic carbocycles. The number of piperidine rings is 1. The molecule has 1 aliphatic rings. The van der Waals surface area contributed by atoms with Crippen LogP contribution in [-0.2, 0) is 9.59 Å². The van der Waals surface area contributed by atoms with Gasteiger partial charge in [0.05, 0.1) is 47.0 Å². The van der Waals surface area contributed by atoms with Gasteiger partial charge in [0, 0.05) is 12.5 Å². The zero-order valence-corrected chi connectivity index (χ0v) is 27.0. The Bertz CT molecular complexity index is 1530. The summed E-state index contributed by atoms with van der Waals surface area (Å²) in [4.78, 5) is 42.2. The van der Waals surface area contributed by atoms with Crippen molar-refractivity contribution in [2.75, 3.05) is 48.7 Å². The lowest BCUT2D eigenvalue weighted by atomic mass is 9.78. The lowest BCUT2D eigenvalue weighted by Gasteiger charge is -2.42. The molecule has 0 bridgehead atoms. The Morgan fingerprint density at radius 3 is 2.07 bits per heavy atom. The number of nitrogens with zero attached hydrogens (tertiary/aromatic N) is 1. The molecule has 3 aromatic rings. The first-order valence-corrected chi connectivity index (χ1v) is 15.0. The number of benzene rings is 3. The largest absolute Gasteiger partial charge is 0.493 e. The van der Waals surface area contributed by atoms with Crippen molar-refractivity contribution in [1.29, 1.82) is 0 Å². The van der Waals surface area contributed by atoms with Gasteiger partial charge in [-0.1, -0.05) is 25.1 Å². The van der Waals surface area contributed by atoms with Crippen molar-refractivity contribution in [2.24, 2.45) is 0 Å². The average Bonchev–Trinajstić information content (AvgIpc) is 3.09. The van der Waals surface area contributed by atoms with Gasteiger partial charge in [-0.3, -0.25) is 9.59 Å². The maximum absolute atomic E-state index is 14.6. The minimum Gasteiger partial charge on any atom is -0.493 e. The SMILES string of the molecule is CCC(C(=O)N1CCCC(c2ccc(OC)c(OC)c2)[C@@H]1C(=O)c1ccccc1OCC(=O)O)c1cc(OC)c(OC)c(OC)c1. The summed E-state index contributed by atoms with van der Waals surface area (Å²) >= 11 is 0. The second-order valence-corrected chi connectivity index (χ2v) is 10.8. The smallest absolute Gasteiger partial charge is 0.341 e. The van der Waals surface area contributed by atoms with Crippen molar-refractivity contribution in [3.8, 4) is 34.5 Å². The van der Waals surface area contributed by atoms with E-state index >= 15 is 0 Å². The third-order valence-corrected chi connectivity index (χ3v) is 8.32. The summed E-state index contributed by atoms with van der Waals surface area (Å²) in [5.41, 5.74) is 1.66. The highest BCUT2D eigenvalue weighted by molar-refractivity contribution is 6.05. The monoisotopic (exact) mass is 635 g/mol. The van der Waals surface area contributed by atoms with Gasteiger partial charge in [-0.25, -0.2) is 4.79 Å². The Labute approximate surface area is 268 Å². The Morgan fingerprint density at radius 2 is 1.48 bits per heavy atom. The number of rotatable bonds is 14. The molecule has 0 aromatic heterocycles. The van der Waals surface area contributed by atoms with Gasteiger partial charge in [0.1, 0.15) is 11.8 Å². The van der Waals surface area contributed by atoms with E-state index in [1.54, 1.807) is 61.6 Å². The highest BCUT2D eigenvalue weighted by Crippen LogP contribution is 2.43. The van der Waals surface area contributed by atoms with Gasteiger partial charge < -0.3 is 38.4 Å². The number of carboxylic acids is 1. The molecule has 1 aliphatic heterocycles. The molecule has 0 radical (unpaired) electrons. The summed E-state index contributed by atoms with van der Waals surface area (Å²) in [5.74, 6) is -0.369. The van der Waals surface area contributed by atoms with Crippen LogP contribution in [0.3, 0.4) is 0 Å². The zero-order chi connectivity index (χ0) is 33.4. The first kappa shape index (κ1) is 34.0. The Morgan fingerprint density at radius 1 is 0.826 bits per heavy atom. The number of hydrogen-bond acceptors (Lipinski definition) is 9. The molecular weight excluding hydrogens is 594 g/mol. The minimum absolute atomic E-state index is 0.135. The third kappa shape index (κ3) is 6.98. The number of para-hydroxylation sites is 1. The van der Waals surface area contributed by atoms with Crippen LogP contribution < -0.4 is 28.4 Å². The highest BCUT2D eigenvalue weighted by atomic mass is 16.5. The van der Waals surface area contributed by atoms with Gasteiger partial charge >= 0.3 is 5.97 Å². The van der Waals surface area contributed by atoms with Crippen molar-refractivity contribution in [2.45, 2.75) is 44.1 Å². The number of likely N-dealkylation sites (tertiary alicyclic amines) is 1. The fraction of sp³-hybridized carbons (Fsp3) is 0.400. The molecule has 1 amide bonds. The maximum Gasteiger partial charge on any atom is 0.341 e. The third-order valence-electron chi connectivity index (χ3n) is 8.32. The van der Waals surface area contributed by atoms with Gasteiger partial charge in [0.2, 0.25) is 11.7 Å². The van der Waals surface area contributed by atoms with E-state index in [4.69, 9.17) is 28.4 Å². The molecule has 3 aromatic carbocycles. The Kier molecular flexibility index (Phi) is 11.3. The fourth-order valence-electron chi connectivity index (χ4n) is 6.15. The van der Waals surface area contributed by atoms with E-state index in [2.05, 4.69) is 0 Å². The van der Waals surface area contributed by atoms with E-state index in [0.29, 0.717) is 60.1 Å². The number of ether oxygens (including phenoxy) is 6. The number of amides is 1. The molecule has 11 nitrogen and oxygen atoms in total. The van der Waals surface area contributed by atoms with Crippen molar-refractivity contribution in [1.82, 2.24) is 4.90 Å². The van der Waals surface area contributed by atoms with E-state index in [1.807, 2.05) is 19.1 Å². The molecule has 2 unspecified atom stereocenters. The van der Waals surface area contributed by atoms with Crippen molar-refractivity contribution >= 4 is 17.7 Å². The second kappa shape index (κ2) is 15.4. The zero-order valence-electron chi connectivity index (χ0n) is 27.0. The molecule has 0 saturated carbocycles. The summed E-state index contributed by atoms with van der Waals surface area (Å²) < 4.78 is 33.2. The topological polar surface area (TPSA) is 130 Å². The van der Waals surface area contributed by atoms with Crippen molar-refractivity contribution < 1.29 is 47.9 Å². The van der Waals surface area contributed by atoms with Crippen LogP contribution in [0.2, 0.25) is 0 Å². The molecule has 0 spiro atoms. The molecule has 4 rings (SSSR count). The number of carbonyl (C=O) groups excluding carboxylic acids is 2. The summed E-state index contributed by atoms with van der Waals surface area (Å²) in [5, 5.41) is 9.24. The van der Waals surface area contributed by atoms with E-state index in [1.165, 1.54) is 21.3 Å². The predicted molar refractivity (Wildman–Crippen MR) is 170 cm³/mol. The van der Waals surface area contributed by atoms with E-state index in [-0.39, 0.29) is 23.0 Å². The first-order valence-electron chi connectivity index (χ1n) is 15.0. The lowest BCUT2D eigenvalue weighted by molar-refractivity contribution is -0.139. The van der Waals surface area contributed by atoms with E-state index < -0.39 is 30.5 Å². The Hall–Kier alpha value is -4.93. The van der Waals surface area contributed by atoms with Gasteiger partial charge in [0.15, 0.2) is 35.4 Å². The van der Waals surface area contributed by atoms with Crippen LogP contribution in [0.4, 0.5) is 0 Å². The van der Waals surface area contributed by atoms with Gasteiger partial charge in [-0.15, -0.1) is 0 Å². The van der Waals surface area contributed by atoms with Crippen LogP contribution in [-0.4, -0.2) is 82.4 Å². The number of methoxy groups -OCH3 is 5. The first-order chi connectivity index (χ1) is 22.2. The number of hydrogen-bond donors (Lipinski definition) is 1. The van der Waals surface area contributed by atoms with Gasteiger partial charge in [0.25, 0.3) is 0 Å². The molecule has 1 fully saturated rings. The number of aliphatic carboxylic acids is 1.